The van der Waals surface area contributed by atoms with Crippen LogP contribution in [0, 0.1) is 49.4 Å². The van der Waals surface area contributed by atoms with E-state index in [2.05, 4.69) is 65.8 Å². The van der Waals surface area contributed by atoms with Crippen molar-refractivity contribution in [1.82, 2.24) is 29.2 Å². The molecule has 10 rings (SSSR count). The molecular weight excluding hydrogens is 984 g/mol. The lowest BCUT2D eigenvalue weighted by molar-refractivity contribution is -0.124. The summed E-state index contributed by atoms with van der Waals surface area (Å²) in [6.45, 7) is 8.53. The van der Waals surface area contributed by atoms with Crippen molar-refractivity contribution in [2.45, 2.75) is 155 Å². The molecule has 2 aliphatic carbocycles. The van der Waals surface area contributed by atoms with Crippen LogP contribution in [0.15, 0.2) is 48.8 Å². The predicted molar refractivity (Wildman–Crippen MR) is 297 cm³/mol. The Labute approximate surface area is 452 Å². The summed E-state index contributed by atoms with van der Waals surface area (Å²) in [6.07, 6.45) is 22.7. The number of Topliss-reactive ketones (excluding diaryl/α,β-unsaturated/α-hetero) is 2. The Hall–Kier alpha value is -4.70. The van der Waals surface area contributed by atoms with E-state index in [-0.39, 0.29) is 36.1 Å². The molecule has 0 spiro atoms. The van der Waals surface area contributed by atoms with Crippen molar-refractivity contribution in [3.8, 4) is 0 Å². The Kier molecular flexibility index (Phi) is 19.0. The number of aryl methyl sites for hydroxylation is 4. The molecule has 2 amide bonds. The molecule has 14 nitrogen and oxygen atoms in total. The van der Waals surface area contributed by atoms with E-state index in [1.165, 1.54) is 44.2 Å². The maximum absolute atomic E-state index is 13.9. The van der Waals surface area contributed by atoms with Gasteiger partial charge in [0.15, 0.2) is 0 Å². The van der Waals surface area contributed by atoms with E-state index in [0.29, 0.717) is 74.3 Å². The molecule has 4 aliphatic heterocycles. The zero-order chi connectivity index (χ0) is 52.1. The molecule has 2 aromatic heterocycles. The van der Waals surface area contributed by atoms with Crippen LogP contribution in [-0.4, -0.2) is 88.1 Å². The minimum absolute atomic E-state index is 0. The number of ketones is 2. The van der Waals surface area contributed by atoms with Gasteiger partial charge in [-0.2, -0.15) is 10.2 Å². The molecule has 2 saturated carbocycles. The fraction of sp³-hybridized carbons (Fsp3) is 0.627. The van der Waals surface area contributed by atoms with Crippen LogP contribution >= 0.6 is 12.4 Å². The topological polar surface area (TPSA) is 160 Å². The Balaban J connectivity index is 0.000000198. The van der Waals surface area contributed by atoms with Gasteiger partial charge in [0.05, 0.1) is 31.7 Å². The first-order valence-corrected chi connectivity index (χ1v) is 29.9. The molecule has 2 saturated heterocycles. The molecule has 1 N–H and O–H groups in total. The van der Waals surface area contributed by atoms with Crippen LogP contribution in [0.2, 0.25) is 0 Å². The highest BCUT2D eigenvalue weighted by atomic mass is 35.5. The largest absolute Gasteiger partial charge is 0.317 e. The number of nitrogens with one attached hydrogen (secondary N) is 1. The summed E-state index contributed by atoms with van der Waals surface area (Å²) in [5, 5.41) is 12.3. The smallest absolute Gasteiger partial charge is 0.230 e. The summed E-state index contributed by atoms with van der Waals surface area (Å²) in [4.78, 5) is 56.9. The second kappa shape index (κ2) is 25.2. The molecule has 4 fully saturated rings. The van der Waals surface area contributed by atoms with Crippen molar-refractivity contribution < 1.29 is 27.6 Å². The minimum Gasteiger partial charge on any atom is -0.317 e. The molecule has 0 unspecified atom stereocenters. The van der Waals surface area contributed by atoms with E-state index >= 15 is 0 Å². The highest BCUT2D eigenvalue weighted by Gasteiger charge is 2.36. The molecule has 408 valence electrons. The summed E-state index contributed by atoms with van der Waals surface area (Å²) >= 11 is 0. The van der Waals surface area contributed by atoms with Crippen molar-refractivity contribution in [3.63, 3.8) is 0 Å². The van der Waals surface area contributed by atoms with Crippen LogP contribution in [0.5, 0.6) is 0 Å². The Morgan fingerprint density at radius 1 is 0.573 bits per heavy atom. The number of benzene rings is 2. The number of hydrogen-bond acceptors (Lipinski definition) is 9. The fourth-order valence-electron chi connectivity index (χ4n) is 13.2. The van der Waals surface area contributed by atoms with Crippen LogP contribution in [0.4, 0.5) is 11.4 Å². The van der Waals surface area contributed by atoms with Gasteiger partial charge < -0.3 is 15.1 Å². The third kappa shape index (κ3) is 14.1. The van der Waals surface area contributed by atoms with Crippen LogP contribution < -0.4 is 15.1 Å². The van der Waals surface area contributed by atoms with Crippen molar-refractivity contribution >= 4 is 57.2 Å². The lowest BCUT2D eigenvalue weighted by Gasteiger charge is -2.32. The van der Waals surface area contributed by atoms with E-state index in [4.69, 9.17) is 0 Å². The molecule has 0 atom stereocenters. The molecule has 0 radical (unpaired) electrons. The van der Waals surface area contributed by atoms with Gasteiger partial charge in [-0.25, -0.2) is 12.7 Å². The number of amides is 2. The summed E-state index contributed by atoms with van der Waals surface area (Å²) in [5.41, 5.74) is 11.5. The highest BCUT2D eigenvalue weighted by Crippen LogP contribution is 2.40. The van der Waals surface area contributed by atoms with E-state index in [1.54, 1.807) is 0 Å². The van der Waals surface area contributed by atoms with E-state index in [0.717, 1.165) is 151 Å². The lowest BCUT2D eigenvalue weighted by Crippen LogP contribution is -2.38. The zero-order valence-electron chi connectivity index (χ0n) is 45.4. The normalized spacial score (nSPS) is 22.5. The average molecular weight is 1070 g/mol. The van der Waals surface area contributed by atoms with Gasteiger partial charge in [0, 0.05) is 111 Å². The Morgan fingerprint density at radius 2 is 0.987 bits per heavy atom. The number of anilines is 2. The van der Waals surface area contributed by atoms with E-state index in [9.17, 15) is 27.6 Å². The number of nitrogens with zero attached hydrogens (tertiary/aromatic N) is 7. The molecule has 16 heteroatoms. The van der Waals surface area contributed by atoms with Crippen molar-refractivity contribution in [3.05, 3.63) is 93.6 Å². The van der Waals surface area contributed by atoms with Gasteiger partial charge in [0.2, 0.25) is 21.8 Å². The van der Waals surface area contributed by atoms with Crippen molar-refractivity contribution in [1.29, 1.82) is 0 Å². The quantitative estimate of drug-likeness (QED) is 0.138. The van der Waals surface area contributed by atoms with Crippen molar-refractivity contribution in [2.24, 2.45) is 49.6 Å². The van der Waals surface area contributed by atoms with Gasteiger partial charge in [-0.05, 0) is 164 Å². The minimum atomic E-state index is -3.13. The third-order valence-corrected chi connectivity index (χ3v) is 19.1. The number of sulfonamides is 1. The number of fused-ring (bicyclic) bond motifs is 4. The highest BCUT2D eigenvalue weighted by molar-refractivity contribution is 7.88. The first-order valence-electron chi connectivity index (χ1n) is 28.1. The summed E-state index contributed by atoms with van der Waals surface area (Å²) < 4.78 is 28.8. The SMILES string of the molecule is Cc1ccc2c(c1)Cc1c(cnn1C)CN2C(=O)C1CCC(CCC(=O)CC2CCN(S(C)(=O)=O)CC2)CC1.Cc1ccc2c(c1)Cc1c(cnn1C)CN2C(=O)C1CCC(CCC(=O)CC2CCNCC2)CC1.Cl. The molecule has 75 heavy (non-hydrogen) atoms. The van der Waals surface area contributed by atoms with Gasteiger partial charge in [0.1, 0.15) is 11.6 Å². The first-order chi connectivity index (χ1) is 35.6. The van der Waals surface area contributed by atoms with Gasteiger partial charge in [-0.15, -0.1) is 12.4 Å². The molecule has 6 aliphatic rings. The average Bonchev–Trinajstić information content (AvgIpc) is 3.79. The van der Waals surface area contributed by atoms with Crippen LogP contribution in [0.25, 0.3) is 0 Å². The number of rotatable bonds is 13. The summed E-state index contributed by atoms with van der Waals surface area (Å²) in [6, 6.07) is 12.9. The monoisotopic (exact) mass is 1070 g/mol. The number of carbonyl (C=O) groups excluding carboxylic acids is 4. The van der Waals surface area contributed by atoms with Crippen LogP contribution in [-0.2, 0) is 69.2 Å². The molecule has 2 aromatic carbocycles. The number of halogens is 1. The number of hydrogen-bond donors (Lipinski definition) is 1. The van der Waals surface area contributed by atoms with Crippen molar-refractivity contribution in [2.75, 3.05) is 42.2 Å². The Morgan fingerprint density at radius 3 is 1.40 bits per heavy atom. The molecule has 4 aromatic rings. The zero-order valence-corrected chi connectivity index (χ0v) is 47.0. The predicted octanol–water partition coefficient (Wildman–Crippen LogP) is 9.52. The first kappa shape index (κ1) is 56.5. The van der Waals surface area contributed by atoms with Gasteiger partial charge in [0.25, 0.3) is 0 Å². The van der Waals surface area contributed by atoms with E-state index < -0.39 is 10.0 Å². The lowest BCUT2D eigenvalue weighted by atomic mass is 9.78. The van der Waals surface area contributed by atoms with Gasteiger partial charge >= 0.3 is 0 Å². The second-order valence-corrected chi connectivity index (χ2v) is 25.2. The fourth-order valence-corrected chi connectivity index (χ4v) is 14.1. The molecule has 6 heterocycles. The number of piperidine rings is 2. The molecule has 0 bridgehead atoms. The standard InChI is InChI=1S/C30H42N4O4S.C29H40N4O2.ClH/c1-21-4-11-28-25(16-21)18-29-26(19-31-32(29)2)20-34(28)30(36)24-8-5-22(6-9-24)7-10-27(35)17-23-12-14-33(15-13-23)39(3,37)38;1-20-3-10-27-24(15-20)17-28-25(18-31-32(28)2)19-33(27)29(35)23-7-4-21(5-8-23)6-9-26(34)16-22-11-13-30-14-12-22;/h4,11,16,19,22-24H,5-10,12-15,17-18,20H2,1-3H3;3,10,15,18,21-23,30H,4-9,11-14,16-17,19H2,1-2H3;1H. The summed E-state index contributed by atoms with van der Waals surface area (Å²) in [5.74, 6) is 3.26. The third-order valence-electron chi connectivity index (χ3n) is 17.8. The second-order valence-electron chi connectivity index (χ2n) is 23.2. The Bertz CT molecular complexity index is 2760. The van der Waals surface area contributed by atoms with Gasteiger partial charge in [-0.3, -0.25) is 28.5 Å². The van der Waals surface area contributed by atoms with Crippen LogP contribution in [0.3, 0.4) is 0 Å². The van der Waals surface area contributed by atoms with E-state index in [1.807, 2.05) is 45.7 Å². The maximum Gasteiger partial charge on any atom is 0.230 e. The number of aromatic nitrogens is 4. The maximum atomic E-state index is 13.9. The van der Waals surface area contributed by atoms with Crippen LogP contribution in [0.1, 0.15) is 160 Å². The molecular formula is C59H83ClN8O6S. The number of carbonyl (C=O) groups is 4. The van der Waals surface area contributed by atoms with Gasteiger partial charge in [-0.1, -0.05) is 35.4 Å². The summed E-state index contributed by atoms with van der Waals surface area (Å²) in [7, 11) is 0.829.